The summed E-state index contributed by atoms with van der Waals surface area (Å²) in [5, 5.41) is 3.36. The Kier molecular flexibility index (Phi) is 3.26. The molecule has 4 heteroatoms. The van der Waals surface area contributed by atoms with Gasteiger partial charge in [0.05, 0.1) is 5.69 Å². The fourth-order valence-corrected chi connectivity index (χ4v) is 2.06. The van der Waals surface area contributed by atoms with Gasteiger partial charge < -0.3 is 14.8 Å². The average molecular weight is 208 g/mol. The third kappa shape index (κ3) is 2.31. The van der Waals surface area contributed by atoms with Gasteiger partial charge in [-0.25, -0.2) is 4.98 Å². The summed E-state index contributed by atoms with van der Waals surface area (Å²) < 4.78 is 2.28. The van der Waals surface area contributed by atoms with Crippen molar-refractivity contribution in [3.05, 3.63) is 11.9 Å². The molecule has 2 heterocycles. The number of aryl methyl sites for hydroxylation is 2. The lowest BCUT2D eigenvalue weighted by Crippen LogP contribution is -2.44. The SMILES string of the molecule is CCCn1cc(C)nc1N1CCNCC1. The van der Waals surface area contributed by atoms with Crippen LogP contribution in [0.25, 0.3) is 0 Å². The molecule has 1 aliphatic heterocycles. The lowest BCUT2D eigenvalue weighted by molar-refractivity contribution is 0.561. The first kappa shape index (κ1) is 10.5. The number of nitrogens with zero attached hydrogens (tertiary/aromatic N) is 3. The molecular weight excluding hydrogens is 188 g/mol. The third-order valence-corrected chi connectivity index (χ3v) is 2.74. The monoisotopic (exact) mass is 208 g/mol. The van der Waals surface area contributed by atoms with Crippen LogP contribution in [0.1, 0.15) is 19.0 Å². The molecule has 0 amide bonds. The highest BCUT2D eigenvalue weighted by Crippen LogP contribution is 2.15. The van der Waals surface area contributed by atoms with Crippen molar-refractivity contribution in [2.75, 3.05) is 31.1 Å². The molecule has 0 aromatic carbocycles. The van der Waals surface area contributed by atoms with Crippen molar-refractivity contribution < 1.29 is 0 Å². The summed E-state index contributed by atoms with van der Waals surface area (Å²) in [5.41, 5.74) is 1.12. The van der Waals surface area contributed by atoms with Crippen LogP contribution >= 0.6 is 0 Å². The van der Waals surface area contributed by atoms with E-state index in [1.54, 1.807) is 0 Å². The van der Waals surface area contributed by atoms with Crippen LogP contribution < -0.4 is 10.2 Å². The molecule has 84 valence electrons. The first-order valence-electron chi connectivity index (χ1n) is 5.80. The second kappa shape index (κ2) is 4.66. The van der Waals surface area contributed by atoms with Crippen molar-refractivity contribution in [1.82, 2.24) is 14.9 Å². The smallest absolute Gasteiger partial charge is 0.205 e. The van der Waals surface area contributed by atoms with E-state index in [1.165, 1.54) is 0 Å². The van der Waals surface area contributed by atoms with Crippen molar-refractivity contribution in [3.63, 3.8) is 0 Å². The minimum Gasteiger partial charge on any atom is -0.340 e. The Morgan fingerprint density at radius 3 is 2.80 bits per heavy atom. The fraction of sp³-hybridized carbons (Fsp3) is 0.727. The van der Waals surface area contributed by atoms with Crippen molar-refractivity contribution in [1.29, 1.82) is 0 Å². The summed E-state index contributed by atoms with van der Waals surface area (Å²) >= 11 is 0. The molecular formula is C11H20N4. The molecule has 15 heavy (non-hydrogen) atoms. The van der Waals surface area contributed by atoms with Gasteiger partial charge in [-0.05, 0) is 13.3 Å². The highest BCUT2D eigenvalue weighted by atomic mass is 15.3. The van der Waals surface area contributed by atoms with Crippen molar-refractivity contribution in [2.45, 2.75) is 26.8 Å². The van der Waals surface area contributed by atoms with Gasteiger partial charge in [0.25, 0.3) is 0 Å². The Morgan fingerprint density at radius 2 is 2.13 bits per heavy atom. The average Bonchev–Trinajstić information content (AvgIpc) is 2.62. The Bertz CT molecular complexity index is 312. The number of anilines is 1. The van der Waals surface area contributed by atoms with Crippen LogP contribution in [0.4, 0.5) is 5.95 Å². The molecule has 4 nitrogen and oxygen atoms in total. The van der Waals surface area contributed by atoms with E-state index < -0.39 is 0 Å². The summed E-state index contributed by atoms with van der Waals surface area (Å²) in [6.45, 7) is 9.62. The Morgan fingerprint density at radius 1 is 1.40 bits per heavy atom. The molecule has 0 unspecified atom stereocenters. The van der Waals surface area contributed by atoms with Gasteiger partial charge in [0.15, 0.2) is 0 Å². The van der Waals surface area contributed by atoms with Crippen molar-refractivity contribution in [3.8, 4) is 0 Å². The molecule has 1 fully saturated rings. The summed E-state index contributed by atoms with van der Waals surface area (Å²) in [5.74, 6) is 1.15. The van der Waals surface area contributed by atoms with Crippen LogP contribution in [0.5, 0.6) is 0 Å². The maximum absolute atomic E-state index is 4.61. The predicted octanol–water partition coefficient (Wildman–Crippen LogP) is 1.01. The van der Waals surface area contributed by atoms with Gasteiger partial charge in [-0.15, -0.1) is 0 Å². The van der Waals surface area contributed by atoms with Crippen molar-refractivity contribution in [2.24, 2.45) is 0 Å². The third-order valence-electron chi connectivity index (χ3n) is 2.74. The zero-order valence-corrected chi connectivity index (χ0v) is 9.66. The zero-order valence-electron chi connectivity index (χ0n) is 9.66. The highest BCUT2D eigenvalue weighted by Gasteiger charge is 2.15. The molecule has 1 aromatic heterocycles. The van der Waals surface area contributed by atoms with Crippen LogP contribution in [-0.4, -0.2) is 35.7 Å². The first-order valence-corrected chi connectivity index (χ1v) is 5.80. The zero-order chi connectivity index (χ0) is 10.7. The number of hydrogen-bond donors (Lipinski definition) is 1. The van der Waals surface area contributed by atoms with Crippen LogP contribution in [0.15, 0.2) is 6.20 Å². The number of rotatable bonds is 3. The van der Waals surface area contributed by atoms with Crippen LogP contribution in [0.3, 0.4) is 0 Å². The Labute approximate surface area is 91.3 Å². The predicted molar refractivity (Wildman–Crippen MR) is 62.3 cm³/mol. The van der Waals surface area contributed by atoms with Gasteiger partial charge >= 0.3 is 0 Å². The van der Waals surface area contributed by atoms with Gasteiger partial charge in [-0.1, -0.05) is 6.92 Å². The lowest BCUT2D eigenvalue weighted by Gasteiger charge is -2.28. The highest BCUT2D eigenvalue weighted by molar-refractivity contribution is 5.34. The Hall–Kier alpha value is -1.03. The number of piperazine rings is 1. The van der Waals surface area contributed by atoms with E-state index in [1.807, 2.05) is 0 Å². The second-order valence-corrected chi connectivity index (χ2v) is 4.11. The van der Waals surface area contributed by atoms with Gasteiger partial charge in [0.2, 0.25) is 5.95 Å². The topological polar surface area (TPSA) is 33.1 Å². The van der Waals surface area contributed by atoms with Gasteiger partial charge in [-0.2, -0.15) is 0 Å². The van der Waals surface area contributed by atoms with E-state index in [4.69, 9.17) is 0 Å². The lowest BCUT2D eigenvalue weighted by atomic mass is 10.4. The number of imidazole rings is 1. The summed E-state index contributed by atoms with van der Waals surface area (Å²) in [6.07, 6.45) is 3.32. The minimum absolute atomic E-state index is 1.07. The minimum atomic E-state index is 1.07. The largest absolute Gasteiger partial charge is 0.340 e. The quantitative estimate of drug-likeness (QED) is 0.805. The van der Waals surface area contributed by atoms with E-state index >= 15 is 0 Å². The number of aromatic nitrogens is 2. The Balaban J connectivity index is 2.17. The van der Waals surface area contributed by atoms with E-state index in [0.29, 0.717) is 0 Å². The van der Waals surface area contributed by atoms with Crippen LogP contribution in [-0.2, 0) is 6.54 Å². The molecule has 0 bridgehead atoms. The second-order valence-electron chi connectivity index (χ2n) is 4.11. The normalized spacial score (nSPS) is 17.1. The first-order chi connectivity index (χ1) is 7.31. The maximum atomic E-state index is 4.61. The fourth-order valence-electron chi connectivity index (χ4n) is 2.06. The number of nitrogens with one attached hydrogen (secondary N) is 1. The number of hydrogen-bond acceptors (Lipinski definition) is 3. The molecule has 1 saturated heterocycles. The maximum Gasteiger partial charge on any atom is 0.205 e. The van der Waals surface area contributed by atoms with E-state index in [2.05, 4.69) is 39.8 Å². The molecule has 1 N–H and O–H groups in total. The van der Waals surface area contributed by atoms with Crippen LogP contribution in [0.2, 0.25) is 0 Å². The molecule has 1 aliphatic rings. The molecule has 0 radical (unpaired) electrons. The van der Waals surface area contributed by atoms with Crippen molar-refractivity contribution >= 4 is 5.95 Å². The van der Waals surface area contributed by atoms with E-state index in [-0.39, 0.29) is 0 Å². The molecule has 0 spiro atoms. The van der Waals surface area contributed by atoms with Gasteiger partial charge in [0.1, 0.15) is 0 Å². The molecule has 2 rings (SSSR count). The van der Waals surface area contributed by atoms with Gasteiger partial charge in [-0.3, -0.25) is 0 Å². The standard InChI is InChI=1S/C11H20N4/c1-3-6-15-9-10(2)13-11(15)14-7-4-12-5-8-14/h9,12H,3-8H2,1-2H3. The van der Waals surface area contributed by atoms with E-state index in [9.17, 15) is 0 Å². The molecule has 0 aliphatic carbocycles. The van der Waals surface area contributed by atoms with Crippen LogP contribution in [0, 0.1) is 6.92 Å². The van der Waals surface area contributed by atoms with E-state index in [0.717, 1.165) is 50.8 Å². The summed E-state index contributed by atoms with van der Waals surface area (Å²) in [4.78, 5) is 6.99. The molecule has 1 aromatic rings. The van der Waals surface area contributed by atoms with Gasteiger partial charge in [0, 0.05) is 38.9 Å². The molecule has 0 saturated carbocycles. The molecule has 0 atom stereocenters. The summed E-state index contributed by atoms with van der Waals surface area (Å²) in [6, 6.07) is 0. The summed E-state index contributed by atoms with van der Waals surface area (Å²) in [7, 11) is 0.